The van der Waals surface area contributed by atoms with Gasteiger partial charge in [-0.25, -0.2) is 0 Å². The van der Waals surface area contributed by atoms with Crippen LogP contribution in [0.5, 0.6) is 0 Å². The normalized spacial score (nSPS) is 14.2. The Hall–Kier alpha value is -0.970. The fourth-order valence-electron chi connectivity index (χ4n) is 2.41. The minimum Gasteiger partial charge on any atom is -0.445 e. The molecule has 0 saturated heterocycles. The standard InChI is InChI=1S/C16H27F5O5S/c1-2-3-4-5-6-7-8-9-10-11-12-13(22)26-14(15(17,18)19)16(20,21)27(23,24)25/h14H,2-12H2,1H3,(H,23,24,25). The molecular formula is C16H27F5O5S. The number of esters is 1. The van der Waals surface area contributed by atoms with Gasteiger partial charge in [-0.05, 0) is 6.42 Å². The van der Waals surface area contributed by atoms with Crippen molar-refractivity contribution < 1.29 is 44.5 Å². The Morgan fingerprint density at radius 3 is 1.67 bits per heavy atom. The van der Waals surface area contributed by atoms with Gasteiger partial charge in [0.05, 0.1) is 0 Å². The Morgan fingerprint density at radius 2 is 1.30 bits per heavy atom. The van der Waals surface area contributed by atoms with E-state index in [1.54, 1.807) is 0 Å². The van der Waals surface area contributed by atoms with Gasteiger partial charge in [-0.2, -0.15) is 30.4 Å². The smallest absolute Gasteiger partial charge is 0.432 e. The van der Waals surface area contributed by atoms with Crippen LogP contribution in [-0.2, 0) is 19.6 Å². The predicted octanol–water partition coefficient (Wildman–Crippen LogP) is 5.25. The monoisotopic (exact) mass is 426 g/mol. The van der Waals surface area contributed by atoms with Crippen LogP contribution in [0.2, 0.25) is 0 Å². The van der Waals surface area contributed by atoms with Crippen molar-refractivity contribution in [2.45, 2.75) is 95.1 Å². The van der Waals surface area contributed by atoms with E-state index in [1.165, 1.54) is 12.8 Å². The number of carbonyl (C=O) groups is 1. The predicted molar refractivity (Wildman–Crippen MR) is 88.9 cm³/mol. The highest BCUT2D eigenvalue weighted by atomic mass is 32.2. The van der Waals surface area contributed by atoms with Gasteiger partial charge in [-0.3, -0.25) is 9.35 Å². The fraction of sp³-hybridized carbons (Fsp3) is 0.938. The van der Waals surface area contributed by atoms with E-state index < -0.39 is 40.0 Å². The summed E-state index contributed by atoms with van der Waals surface area (Å²) < 4.78 is 97.2. The van der Waals surface area contributed by atoms with E-state index in [0.717, 1.165) is 38.5 Å². The van der Waals surface area contributed by atoms with Crippen LogP contribution in [0.4, 0.5) is 22.0 Å². The largest absolute Gasteiger partial charge is 0.445 e. The first kappa shape index (κ1) is 26.0. The summed E-state index contributed by atoms with van der Waals surface area (Å²) >= 11 is 0. The second-order valence-corrected chi connectivity index (χ2v) is 7.87. The molecule has 0 aromatic carbocycles. The van der Waals surface area contributed by atoms with Crippen LogP contribution in [0.3, 0.4) is 0 Å². The van der Waals surface area contributed by atoms with Crippen LogP contribution in [0.15, 0.2) is 0 Å². The van der Waals surface area contributed by atoms with Gasteiger partial charge >= 0.3 is 27.5 Å². The number of alkyl halides is 5. The quantitative estimate of drug-likeness (QED) is 0.178. The summed E-state index contributed by atoms with van der Waals surface area (Å²) in [6.45, 7) is 2.12. The molecule has 0 bridgehead atoms. The second-order valence-electron chi connectivity index (χ2n) is 6.38. The minimum atomic E-state index is -6.40. The molecule has 1 unspecified atom stereocenters. The van der Waals surface area contributed by atoms with E-state index in [4.69, 9.17) is 4.55 Å². The summed E-state index contributed by atoms with van der Waals surface area (Å²) in [5.74, 6) is -1.60. The van der Waals surface area contributed by atoms with E-state index in [-0.39, 0.29) is 6.42 Å². The minimum absolute atomic E-state index is 0.136. The maximum Gasteiger partial charge on any atom is 0.432 e. The van der Waals surface area contributed by atoms with Crippen molar-refractivity contribution in [3.05, 3.63) is 0 Å². The number of hydrogen-bond donors (Lipinski definition) is 1. The Kier molecular flexibility index (Phi) is 11.4. The number of halogens is 5. The summed E-state index contributed by atoms with van der Waals surface area (Å²) in [4.78, 5) is 11.4. The highest BCUT2D eigenvalue weighted by Gasteiger charge is 2.65. The SMILES string of the molecule is CCCCCCCCCCCCC(=O)OC(C(F)(F)F)C(F)(F)S(=O)(=O)O. The molecule has 0 aliphatic rings. The summed E-state index contributed by atoms with van der Waals surface area (Å²) in [7, 11) is -6.40. The topological polar surface area (TPSA) is 80.7 Å². The molecule has 0 aliphatic carbocycles. The van der Waals surface area contributed by atoms with Crippen LogP contribution in [0, 0.1) is 0 Å². The highest BCUT2D eigenvalue weighted by Crippen LogP contribution is 2.38. The third-order valence-corrected chi connectivity index (χ3v) is 4.83. The van der Waals surface area contributed by atoms with Crippen LogP contribution >= 0.6 is 0 Å². The van der Waals surface area contributed by atoms with E-state index in [0.29, 0.717) is 6.42 Å². The molecule has 0 aromatic heterocycles. The Labute approximate surface area is 156 Å². The first-order valence-electron chi connectivity index (χ1n) is 8.95. The van der Waals surface area contributed by atoms with Gasteiger partial charge in [0, 0.05) is 6.42 Å². The fourth-order valence-corrected chi connectivity index (χ4v) is 2.86. The van der Waals surface area contributed by atoms with E-state index >= 15 is 0 Å². The maximum absolute atomic E-state index is 13.3. The van der Waals surface area contributed by atoms with Crippen LogP contribution in [0.1, 0.15) is 77.6 Å². The molecule has 1 N–H and O–H groups in total. The van der Waals surface area contributed by atoms with Crippen molar-refractivity contribution in [1.29, 1.82) is 0 Å². The first-order chi connectivity index (χ1) is 12.3. The molecule has 1 atom stereocenters. The van der Waals surface area contributed by atoms with Gasteiger partial charge in [0.25, 0.3) is 6.10 Å². The van der Waals surface area contributed by atoms with Gasteiger partial charge < -0.3 is 4.74 Å². The third kappa shape index (κ3) is 10.2. The van der Waals surface area contributed by atoms with Crippen LogP contribution in [0.25, 0.3) is 0 Å². The van der Waals surface area contributed by atoms with Gasteiger partial charge in [-0.15, -0.1) is 0 Å². The van der Waals surface area contributed by atoms with Crippen molar-refractivity contribution in [2.24, 2.45) is 0 Å². The van der Waals surface area contributed by atoms with Gasteiger partial charge in [0.1, 0.15) is 0 Å². The lowest BCUT2D eigenvalue weighted by molar-refractivity contribution is -0.259. The van der Waals surface area contributed by atoms with Crippen molar-refractivity contribution >= 4 is 16.1 Å². The van der Waals surface area contributed by atoms with E-state index in [2.05, 4.69) is 11.7 Å². The zero-order chi connectivity index (χ0) is 21.1. The van der Waals surface area contributed by atoms with Crippen molar-refractivity contribution in [3.8, 4) is 0 Å². The molecular weight excluding hydrogens is 399 g/mol. The molecule has 162 valence electrons. The van der Waals surface area contributed by atoms with Gasteiger partial charge in [0.15, 0.2) is 0 Å². The molecule has 0 radical (unpaired) electrons. The first-order valence-corrected chi connectivity index (χ1v) is 10.4. The Bertz CT molecular complexity index is 534. The van der Waals surface area contributed by atoms with Gasteiger partial charge in [-0.1, -0.05) is 64.7 Å². The maximum atomic E-state index is 13.3. The molecule has 0 aliphatic heterocycles. The number of rotatable bonds is 14. The molecule has 0 fully saturated rings. The lowest BCUT2D eigenvalue weighted by atomic mass is 10.1. The molecule has 11 heteroatoms. The van der Waals surface area contributed by atoms with Crippen molar-refractivity contribution in [1.82, 2.24) is 0 Å². The summed E-state index contributed by atoms with van der Waals surface area (Å²) in [6, 6.07) is 0. The number of ether oxygens (including phenoxy) is 1. The second kappa shape index (κ2) is 11.8. The highest BCUT2D eigenvalue weighted by molar-refractivity contribution is 7.86. The van der Waals surface area contributed by atoms with Gasteiger partial charge in [0.2, 0.25) is 0 Å². The zero-order valence-corrected chi connectivity index (χ0v) is 16.1. The lowest BCUT2D eigenvalue weighted by Gasteiger charge is -2.26. The molecule has 0 aromatic rings. The molecule has 0 saturated carbocycles. The molecule has 5 nitrogen and oxygen atoms in total. The van der Waals surface area contributed by atoms with E-state index in [9.17, 15) is 35.2 Å². The Balaban J connectivity index is 4.24. The summed E-state index contributed by atoms with van der Waals surface area (Å²) in [5.41, 5.74) is 0. The zero-order valence-electron chi connectivity index (χ0n) is 15.2. The number of hydrogen-bond acceptors (Lipinski definition) is 4. The molecule has 0 spiro atoms. The molecule has 0 rings (SSSR count). The third-order valence-electron chi connectivity index (χ3n) is 3.93. The summed E-state index contributed by atoms with van der Waals surface area (Å²) in [6.07, 6.45) is -1.63. The summed E-state index contributed by atoms with van der Waals surface area (Å²) in [5, 5.41) is -5.68. The van der Waals surface area contributed by atoms with Crippen LogP contribution < -0.4 is 0 Å². The molecule has 0 amide bonds. The van der Waals surface area contributed by atoms with E-state index in [1.807, 2.05) is 0 Å². The average molecular weight is 426 g/mol. The Morgan fingerprint density at radius 1 is 0.889 bits per heavy atom. The van der Waals surface area contributed by atoms with Crippen molar-refractivity contribution in [3.63, 3.8) is 0 Å². The number of unbranched alkanes of at least 4 members (excludes halogenated alkanes) is 9. The average Bonchev–Trinajstić information content (AvgIpc) is 2.52. The lowest BCUT2D eigenvalue weighted by Crippen LogP contribution is -2.52. The van der Waals surface area contributed by atoms with Crippen molar-refractivity contribution in [2.75, 3.05) is 0 Å². The molecule has 27 heavy (non-hydrogen) atoms. The molecule has 0 heterocycles. The van der Waals surface area contributed by atoms with Crippen LogP contribution in [-0.4, -0.2) is 36.5 Å². The number of carbonyl (C=O) groups excluding carboxylic acids is 1.